The lowest BCUT2D eigenvalue weighted by Gasteiger charge is -2.26. The van der Waals surface area contributed by atoms with Crippen LogP contribution in [0.5, 0.6) is 5.75 Å². The molecule has 0 saturated heterocycles. The summed E-state index contributed by atoms with van der Waals surface area (Å²) in [5.74, 6) is 0.520. The average molecular weight is 408 g/mol. The third kappa shape index (κ3) is 4.55. The van der Waals surface area contributed by atoms with Crippen LogP contribution in [-0.4, -0.2) is 25.6 Å². The van der Waals surface area contributed by atoms with Crippen LogP contribution in [0.15, 0.2) is 30.3 Å². The second-order valence-electron chi connectivity index (χ2n) is 6.51. The van der Waals surface area contributed by atoms with E-state index in [0.717, 1.165) is 25.2 Å². The van der Waals surface area contributed by atoms with Gasteiger partial charge in [0.05, 0.1) is 10.0 Å². The summed E-state index contributed by atoms with van der Waals surface area (Å²) in [7, 11) is 0. The number of halogens is 2. The number of nitrogens with two attached hydrogens (primary N) is 1. The summed E-state index contributed by atoms with van der Waals surface area (Å²) >= 11 is 12.4. The van der Waals surface area contributed by atoms with E-state index in [1.807, 2.05) is 6.07 Å². The van der Waals surface area contributed by atoms with E-state index >= 15 is 0 Å². The minimum atomic E-state index is -0.272. The molecule has 3 rings (SSSR count). The van der Waals surface area contributed by atoms with Crippen LogP contribution in [0.2, 0.25) is 10.0 Å². The molecule has 0 aromatic heterocycles. The van der Waals surface area contributed by atoms with Crippen molar-refractivity contribution < 1.29 is 9.53 Å². The van der Waals surface area contributed by atoms with Gasteiger partial charge in [0.15, 0.2) is 5.75 Å². The molecule has 0 bridgehead atoms. The normalized spacial score (nSPS) is 15.9. The van der Waals surface area contributed by atoms with Gasteiger partial charge in [-0.2, -0.15) is 0 Å². The number of benzene rings is 2. The van der Waals surface area contributed by atoms with Crippen LogP contribution >= 0.6 is 23.2 Å². The molecule has 5 nitrogen and oxygen atoms in total. The molecule has 4 N–H and O–H groups in total. The van der Waals surface area contributed by atoms with Gasteiger partial charge in [-0.25, -0.2) is 0 Å². The summed E-state index contributed by atoms with van der Waals surface area (Å²) < 4.78 is 5.43. The van der Waals surface area contributed by atoms with Gasteiger partial charge >= 0.3 is 0 Å². The second kappa shape index (κ2) is 8.93. The van der Waals surface area contributed by atoms with Crippen molar-refractivity contribution in [2.75, 3.05) is 25.0 Å². The smallest absolute Gasteiger partial charge is 0.255 e. The SMILES string of the molecule is CCC1CNCc2ccc(NC(=O)c3cc(Cl)c(OCCN)c(Cl)c3)cc21. The highest BCUT2D eigenvalue weighted by Crippen LogP contribution is 2.35. The van der Waals surface area contributed by atoms with Gasteiger partial charge in [-0.1, -0.05) is 36.2 Å². The molecule has 1 aliphatic rings. The molecule has 144 valence electrons. The minimum Gasteiger partial charge on any atom is -0.489 e. The Bertz CT molecular complexity index is 819. The summed E-state index contributed by atoms with van der Waals surface area (Å²) in [6, 6.07) is 9.13. The molecule has 1 atom stereocenters. The number of anilines is 1. The molecule has 1 aliphatic heterocycles. The molecule has 0 radical (unpaired) electrons. The van der Waals surface area contributed by atoms with E-state index in [4.69, 9.17) is 33.7 Å². The van der Waals surface area contributed by atoms with Crippen molar-refractivity contribution >= 4 is 34.8 Å². The second-order valence-corrected chi connectivity index (χ2v) is 7.32. The highest BCUT2D eigenvalue weighted by atomic mass is 35.5. The highest BCUT2D eigenvalue weighted by molar-refractivity contribution is 6.37. The summed E-state index contributed by atoms with van der Waals surface area (Å²) in [4.78, 5) is 12.7. The van der Waals surface area contributed by atoms with Gasteiger partial charge in [-0.15, -0.1) is 0 Å². The van der Waals surface area contributed by atoms with E-state index in [1.54, 1.807) is 12.1 Å². The number of amides is 1. The van der Waals surface area contributed by atoms with Gasteiger partial charge in [-0.3, -0.25) is 4.79 Å². The first kappa shape index (κ1) is 20.0. The van der Waals surface area contributed by atoms with Crippen molar-refractivity contribution in [1.82, 2.24) is 5.32 Å². The average Bonchev–Trinajstić information content (AvgIpc) is 2.66. The fourth-order valence-corrected chi connectivity index (χ4v) is 3.86. The fourth-order valence-electron chi connectivity index (χ4n) is 3.26. The first-order valence-electron chi connectivity index (χ1n) is 9.00. The number of carbonyl (C=O) groups is 1. The predicted molar refractivity (Wildman–Crippen MR) is 110 cm³/mol. The number of nitrogens with one attached hydrogen (secondary N) is 2. The zero-order valence-corrected chi connectivity index (χ0v) is 16.7. The zero-order chi connectivity index (χ0) is 19.4. The zero-order valence-electron chi connectivity index (χ0n) is 15.1. The third-order valence-corrected chi connectivity index (χ3v) is 5.23. The van der Waals surface area contributed by atoms with Crippen molar-refractivity contribution in [1.29, 1.82) is 0 Å². The summed E-state index contributed by atoms with van der Waals surface area (Å²) in [6.07, 6.45) is 1.05. The highest BCUT2D eigenvalue weighted by Gasteiger charge is 2.20. The number of fused-ring (bicyclic) bond motifs is 1. The Labute approximate surface area is 169 Å². The Balaban J connectivity index is 1.80. The Hall–Kier alpha value is -1.79. The molecular weight excluding hydrogens is 385 g/mol. The lowest BCUT2D eigenvalue weighted by Crippen LogP contribution is -2.28. The largest absolute Gasteiger partial charge is 0.489 e. The van der Waals surface area contributed by atoms with Gasteiger partial charge in [0.2, 0.25) is 0 Å². The van der Waals surface area contributed by atoms with Gasteiger partial charge in [0.25, 0.3) is 5.91 Å². The van der Waals surface area contributed by atoms with E-state index in [0.29, 0.717) is 30.4 Å². The summed E-state index contributed by atoms with van der Waals surface area (Å²) in [5.41, 5.74) is 9.12. The standard InChI is InChI=1S/C20H23Cl2N3O2/c1-2-12-10-24-11-13-3-4-15(9-16(12)13)25-20(26)14-7-17(21)19(18(22)8-14)27-6-5-23/h3-4,7-9,12,24H,2,5-6,10-11,23H2,1H3,(H,25,26). The van der Waals surface area contributed by atoms with E-state index in [-0.39, 0.29) is 16.0 Å². The maximum absolute atomic E-state index is 12.7. The molecular formula is C20H23Cl2N3O2. The van der Waals surface area contributed by atoms with Crippen molar-refractivity contribution in [2.45, 2.75) is 25.8 Å². The maximum atomic E-state index is 12.7. The number of rotatable bonds is 6. The monoisotopic (exact) mass is 407 g/mol. The first-order chi connectivity index (χ1) is 13.0. The first-order valence-corrected chi connectivity index (χ1v) is 9.75. The lowest BCUT2D eigenvalue weighted by atomic mass is 9.88. The van der Waals surface area contributed by atoms with Crippen molar-refractivity contribution in [3.05, 3.63) is 57.1 Å². The van der Waals surface area contributed by atoms with Gasteiger partial charge in [-0.05, 0) is 47.7 Å². The number of hydrogen-bond acceptors (Lipinski definition) is 4. The van der Waals surface area contributed by atoms with Crippen LogP contribution in [-0.2, 0) is 6.54 Å². The topological polar surface area (TPSA) is 76.4 Å². The maximum Gasteiger partial charge on any atom is 0.255 e. The van der Waals surface area contributed by atoms with Gasteiger partial charge < -0.3 is 21.1 Å². The van der Waals surface area contributed by atoms with Crippen LogP contribution in [0.1, 0.15) is 40.7 Å². The fraction of sp³-hybridized carbons (Fsp3) is 0.350. The molecule has 2 aromatic rings. The van der Waals surface area contributed by atoms with E-state index in [2.05, 4.69) is 29.7 Å². The van der Waals surface area contributed by atoms with Crippen LogP contribution < -0.4 is 21.1 Å². The summed E-state index contributed by atoms with van der Waals surface area (Å²) in [6.45, 7) is 4.63. The van der Waals surface area contributed by atoms with Crippen molar-refractivity contribution in [3.63, 3.8) is 0 Å². The quantitative estimate of drug-likeness (QED) is 0.670. The molecule has 0 spiro atoms. The Morgan fingerprint density at radius 3 is 2.70 bits per heavy atom. The van der Waals surface area contributed by atoms with Crippen LogP contribution in [0.3, 0.4) is 0 Å². The number of hydrogen-bond donors (Lipinski definition) is 3. The molecule has 0 saturated carbocycles. The van der Waals surface area contributed by atoms with Crippen LogP contribution in [0, 0.1) is 0 Å². The Morgan fingerprint density at radius 2 is 2.04 bits per heavy atom. The van der Waals surface area contributed by atoms with Gasteiger partial charge in [0, 0.05) is 30.9 Å². The van der Waals surface area contributed by atoms with E-state index < -0.39 is 0 Å². The molecule has 1 heterocycles. The van der Waals surface area contributed by atoms with Gasteiger partial charge in [0.1, 0.15) is 6.61 Å². The molecule has 0 fully saturated rings. The lowest BCUT2D eigenvalue weighted by molar-refractivity contribution is 0.102. The molecule has 1 amide bonds. The molecule has 0 aliphatic carbocycles. The molecule has 2 aromatic carbocycles. The Kier molecular flexibility index (Phi) is 6.60. The Morgan fingerprint density at radius 1 is 1.30 bits per heavy atom. The molecule has 27 heavy (non-hydrogen) atoms. The van der Waals surface area contributed by atoms with E-state index in [9.17, 15) is 4.79 Å². The molecule has 7 heteroatoms. The summed E-state index contributed by atoms with van der Waals surface area (Å²) in [5, 5.41) is 6.92. The van der Waals surface area contributed by atoms with Crippen molar-refractivity contribution in [2.24, 2.45) is 5.73 Å². The minimum absolute atomic E-state index is 0.272. The third-order valence-electron chi connectivity index (χ3n) is 4.67. The van der Waals surface area contributed by atoms with Crippen molar-refractivity contribution in [3.8, 4) is 5.75 Å². The van der Waals surface area contributed by atoms with Crippen LogP contribution in [0.25, 0.3) is 0 Å². The molecule has 1 unspecified atom stereocenters. The number of carbonyl (C=O) groups excluding carboxylic acids is 1. The van der Waals surface area contributed by atoms with E-state index in [1.165, 1.54) is 11.1 Å². The van der Waals surface area contributed by atoms with Crippen LogP contribution in [0.4, 0.5) is 5.69 Å². The number of ether oxygens (including phenoxy) is 1. The predicted octanol–water partition coefficient (Wildman–Crippen LogP) is 4.18.